The van der Waals surface area contributed by atoms with Gasteiger partial charge in [-0.1, -0.05) is 65.9 Å². The summed E-state index contributed by atoms with van der Waals surface area (Å²) in [6, 6.07) is 9.27. The summed E-state index contributed by atoms with van der Waals surface area (Å²) >= 11 is 3.30. The lowest BCUT2D eigenvalue weighted by Crippen LogP contribution is -2.16. The van der Waals surface area contributed by atoms with E-state index in [4.69, 9.17) is 14.6 Å². The van der Waals surface area contributed by atoms with Gasteiger partial charge in [-0.25, -0.2) is 0 Å². The van der Waals surface area contributed by atoms with Gasteiger partial charge in [-0.15, -0.1) is 0 Å². The Morgan fingerprint density at radius 2 is 1.94 bits per heavy atom. The number of amides is 1. The molecule has 0 spiro atoms. The molecule has 0 saturated heterocycles. The monoisotopic (exact) mass is 527 g/mol. The minimum absolute atomic E-state index is 0.0187. The number of para-hydroxylation sites is 1. The molecule has 7 heteroatoms. The zero-order chi connectivity index (χ0) is 24.8. The molecule has 1 aliphatic carbocycles. The van der Waals surface area contributed by atoms with Crippen molar-refractivity contribution in [3.8, 4) is 0 Å². The zero-order valence-electron chi connectivity index (χ0n) is 19.3. The number of allylic oxidation sites excluding steroid dienone is 7. The lowest BCUT2D eigenvalue weighted by molar-refractivity contribution is -0.136. The second-order valence-electron chi connectivity index (χ2n) is 7.40. The normalized spacial score (nSPS) is 13.9. The molecule has 0 saturated carbocycles. The molecule has 6 nitrogen and oxygen atoms in total. The van der Waals surface area contributed by atoms with E-state index in [-0.39, 0.29) is 12.3 Å². The molecule has 180 valence electrons. The van der Waals surface area contributed by atoms with Crippen molar-refractivity contribution < 1.29 is 24.2 Å². The van der Waals surface area contributed by atoms with Crippen LogP contribution in [0.15, 0.2) is 101 Å². The van der Waals surface area contributed by atoms with Gasteiger partial charge in [0.1, 0.15) is 5.76 Å². The Labute approximate surface area is 209 Å². The number of carbonyl (C=O) groups is 2. The molecule has 1 aromatic rings. The first kappa shape index (κ1) is 26.9. The van der Waals surface area contributed by atoms with Crippen molar-refractivity contribution in [1.29, 1.82) is 0 Å². The lowest BCUT2D eigenvalue weighted by Gasteiger charge is -2.14. The molecule has 0 fully saturated rings. The highest BCUT2D eigenvalue weighted by Gasteiger charge is 2.14. The van der Waals surface area contributed by atoms with Crippen LogP contribution in [-0.4, -0.2) is 30.2 Å². The minimum Gasteiger partial charge on any atom is -0.497 e. The molecular weight excluding hydrogens is 498 g/mol. The fourth-order valence-electron chi connectivity index (χ4n) is 3.07. The smallest absolute Gasteiger partial charge is 0.307 e. The number of carboxylic acids is 1. The summed E-state index contributed by atoms with van der Waals surface area (Å²) in [6.07, 6.45) is 12.4. The zero-order valence-corrected chi connectivity index (χ0v) is 20.8. The number of ether oxygens (including phenoxy) is 2. The summed E-state index contributed by atoms with van der Waals surface area (Å²) in [5.74, 6) is 0.161. The van der Waals surface area contributed by atoms with Gasteiger partial charge in [0.2, 0.25) is 0 Å². The van der Waals surface area contributed by atoms with Gasteiger partial charge in [0.15, 0.2) is 0 Å². The van der Waals surface area contributed by atoms with Crippen LogP contribution in [0, 0.1) is 0 Å². The highest BCUT2D eigenvalue weighted by molar-refractivity contribution is 9.11. The third-order valence-corrected chi connectivity index (χ3v) is 4.96. The quantitative estimate of drug-likeness (QED) is 0.134. The molecule has 2 N–H and O–H groups in total. The van der Waals surface area contributed by atoms with Crippen LogP contribution in [0.1, 0.15) is 32.6 Å². The van der Waals surface area contributed by atoms with E-state index in [0.29, 0.717) is 54.0 Å². The largest absolute Gasteiger partial charge is 0.497 e. The van der Waals surface area contributed by atoms with Gasteiger partial charge in [0.25, 0.3) is 5.91 Å². The fraction of sp³-hybridized carbons (Fsp3) is 0.259. The standard InChI is InChI=1S/C27H30BrNO5/c1-3-24(27(32)29-22-10-5-4-6-11-22)25(16-13-20(2)28)34-18-8-17-33-23-12-7-9-21(14-15-23)19-26(30)31/h4-7,9-11,13-16H,2-3,8,12,17-19H2,1H3,(H,29,32)(H,30,31)/b16-13-,25-24-. The molecule has 0 radical (unpaired) electrons. The first-order chi connectivity index (χ1) is 16.4. The molecular formula is C27H30BrNO5. The minimum atomic E-state index is -0.865. The maximum absolute atomic E-state index is 12.9. The van der Waals surface area contributed by atoms with E-state index in [9.17, 15) is 9.59 Å². The van der Waals surface area contributed by atoms with Crippen molar-refractivity contribution in [2.45, 2.75) is 32.6 Å². The summed E-state index contributed by atoms with van der Waals surface area (Å²) in [7, 11) is 0. The molecule has 1 aliphatic rings. The van der Waals surface area contributed by atoms with E-state index in [1.807, 2.05) is 43.3 Å². The maximum atomic E-state index is 12.9. The van der Waals surface area contributed by atoms with Crippen molar-refractivity contribution in [1.82, 2.24) is 0 Å². The summed E-state index contributed by atoms with van der Waals surface area (Å²) < 4.78 is 12.4. The fourth-order valence-corrected chi connectivity index (χ4v) is 3.20. The second-order valence-corrected chi connectivity index (χ2v) is 8.42. The molecule has 0 aromatic heterocycles. The van der Waals surface area contributed by atoms with E-state index in [1.165, 1.54) is 0 Å². The van der Waals surface area contributed by atoms with Crippen molar-refractivity contribution in [2.24, 2.45) is 0 Å². The molecule has 0 bridgehead atoms. The number of hydrogen-bond donors (Lipinski definition) is 2. The third kappa shape index (κ3) is 10.1. The number of hydrogen-bond acceptors (Lipinski definition) is 4. The molecule has 0 aliphatic heterocycles. The van der Waals surface area contributed by atoms with E-state index in [2.05, 4.69) is 27.8 Å². The van der Waals surface area contributed by atoms with Gasteiger partial charge >= 0.3 is 5.97 Å². The van der Waals surface area contributed by atoms with Crippen LogP contribution in [-0.2, 0) is 19.1 Å². The topological polar surface area (TPSA) is 84.9 Å². The van der Waals surface area contributed by atoms with E-state index in [1.54, 1.807) is 30.4 Å². The molecule has 2 rings (SSSR count). The van der Waals surface area contributed by atoms with Gasteiger partial charge < -0.3 is 19.9 Å². The molecule has 0 heterocycles. The van der Waals surface area contributed by atoms with E-state index < -0.39 is 5.97 Å². The number of rotatable bonds is 13. The summed E-state index contributed by atoms with van der Waals surface area (Å²) in [5.41, 5.74) is 1.97. The first-order valence-corrected chi connectivity index (χ1v) is 11.8. The van der Waals surface area contributed by atoms with Crippen molar-refractivity contribution in [3.63, 3.8) is 0 Å². The number of carboxylic acid groups (broad SMARTS) is 1. The van der Waals surface area contributed by atoms with Crippen LogP contribution in [0.25, 0.3) is 0 Å². The Kier molecular flexibility index (Phi) is 11.7. The molecule has 1 amide bonds. The number of carbonyl (C=O) groups excluding carboxylic acids is 1. The van der Waals surface area contributed by atoms with E-state index >= 15 is 0 Å². The number of nitrogens with one attached hydrogen (secondary N) is 1. The van der Waals surface area contributed by atoms with Crippen LogP contribution in [0.4, 0.5) is 5.69 Å². The predicted octanol–water partition coefficient (Wildman–Crippen LogP) is 6.42. The Balaban J connectivity index is 1.96. The van der Waals surface area contributed by atoms with Crippen LogP contribution in [0.2, 0.25) is 0 Å². The van der Waals surface area contributed by atoms with Gasteiger partial charge in [-0.3, -0.25) is 9.59 Å². The Hall–Kier alpha value is -3.32. The number of aliphatic carboxylic acids is 1. The third-order valence-electron chi connectivity index (χ3n) is 4.70. The maximum Gasteiger partial charge on any atom is 0.307 e. The lowest BCUT2D eigenvalue weighted by atomic mass is 10.1. The average molecular weight is 528 g/mol. The second kappa shape index (κ2) is 14.8. The van der Waals surface area contributed by atoms with Crippen LogP contribution in [0.3, 0.4) is 0 Å². The molecule has 1 aromatic carbocycles. The number of halogens is 1. The van der Waals surface area contributed by atoms with Crippen molar-refractivity contribution in [3.05, 3.63) is 101 Å². The highest BCUT2D eigenvalue weighted by Crippen LogP contribution is 2.18. The van der Waals surface area contributed by atoms with E-state index in [0.717, 1.165) is 11.3 Å². The average Bonchev–Trinajstić information content (AvgIpc) is 3.02. The molecule has 0 unspecified atom stereocenters. The number of anilines is 1. The van der Waals surface area contributed by atoms with Crippen LogP contribution >= 0.6 is 15.9 Å². The van der Waals surface area contributed by atoms with Crippen LogP contribution in [0.5, 0.6) is 0 Å². The Bertz CT molecular complexity index is 1020. The number of benzene rings is 1. The van der Waals surface area contributed by atoms with Gasteiger partial charge in [0.05, 0.1) is 31.0 Å². The highest BCUT2D eigenvalue weighted by atomic mass is 79.9. The summed E-state index contributed by atoms with van der Waals surface area (Å²) in [6.45, 7) is 6.49. The Morgan fingerprint density at radius 3 is 2.62 bits per heavy atom. The SMILES string of the molecule is C=C(Br)/C=C\C(OCCCOC1=CC=C(CC(=O)O)C=CC1)=C(/CC)C(=O)Nc1ccccc1. The Morgan fingerprint density at radius 1 is 1.18 bits per heavy atom. The summed E-state index contributed by atoms with van der Waals surface area (Å²) in [5, 5.41) is 11.8. The van der Waals surface area contributed by atoms with Gasteiger partial charge in [-0.05, 0) is 42.4 Å². The predicted molar refractivity (Wildman–Crippen MR) is 138 cm³/mol. The molecule has 0 atom stereocenters. The van der Waals surface area contributed by atoms with Crippen LogP contribution < -0.4 is 5.32 Å². The van der Waals surface area contributed by atoms with Crippen molar-refractivity contribution >= 4 is 33.5 Å². The molecule has 34 heavy (non-hydrogen) atoms. The first-order valence-electron chi connectivity index (χ1n) is 11.0. The van der Waals surface area contributed by atoms with Gasteiger partial charge in [-0.2, -0.15) is 0 Å². The van der Waals surface area contributed by atoms with Gasteiger partial charge in [0, 0.05) is 23.0 Å². The summed E-state index contributed by atoms with van der Waals surface area (Å²) in [4.78, 5) is 23.7. The van der Waals surface area contributed by atoms with Crippen molar-refractivity contribution in [2.75, 3.05) is 18.5 Å².